The summed E-state index contributed by atoms with van der Waals surface area (Å²) in [6.07, 6.45) is 0.759. The lowest BCUT2D eigenvalue weighted by Gasteiger charge is -2.37. The number of aryl methyl sites for hydroxylation is 1. The zero-order chi connectivity index (χ0) is 22.7. The van der Waals surface area contributed by atoms with Crippen molar-refractivity contribution in [2.45, 2.75) is 39.2 Å². The fourth-order valence-corrected chi connectivity index (χ4v) is 4.78. The maximum absolute atomic E-state index is 12.8. The van der Waals surface area contributed by atoms with Crippen LogP contribution in [0.15, 0.2) is 30.5 Å². The third-order valence-electron chi connectivity index (χ3n) is 5.78. The third-order valence-corrected chi connectivity index (χ3v) is 6.66. The lowest BCUT2D eigenvalue weighted by Crippen LogP contribution is -2.48. The van der Waals surface area contributed by atoms with E-state index >= 15 is 0 Å². The van der Waals surface area contributed by atoms with Crippen LogP contribution in [-0.2, 0) is 0 Å². The first kappa shape index (κ1) is 22.5. The molecule has 3 heterocycles. The second-order valence-corrected chi connectivity index (χ2v) is 9.07. The number of urea groups is 1. The van der Waals surface area contributed by atoms with E-state index in [1.54, 1.807) is 11.1 Å². The van der Waals surface area contributed by atoms with E-state index in [9.17, 15) is 13.6 Å². The summed E-state index contributed by atoms with van der Waals surface area (Å²) in [5, 5.41) is 14.8. The SMILES string of the molecule is CCN(CC(F)F)C1CCN(C(=O)Nc2cc3cc(-c4nnc(C)s4)ccc3cn2)CC1. The van der Waals surface area contributed by atoms with E-state index in [-0.39, 0.29) is 18.6 Å². The molecule has 1 saturated heterocycles. The Hall–Kier alpha value is -2.72. The van der Waals surface area contributed by atoms with Crippen LogP contribution in [0.5, 0.6) is 0 Å². The van der Waals surface area contributed by atoms with Gasteiger partial charge in [0, 0.05) is 36.3 Å². The maximum Gasteiger partial charge on any atom is 0.323 e. The molecule has 32 heavy (non-hydrogen) atoms. The molecule has 0 radical (unpaired) electrons. The van der Waals surface area contributed by atoms with Gasteiger partial charge in [-0.25, -0.2) is 18.6 Å². The summed E-state index contributed by atoms with van der Waals surface area (Å²) in [5.74, 6) is 0.475. The number of nitrogens with zero attached hydrogens (tertiary/aromatic N) is 5. The standard InChI is InChI=1S/C22H26F2N6OS/c1-3-29(13-19(23)24)18-6-8-30(9-7-18)22(31)26-20-11-17-10-15(4-5-16(17)12-25-20)21-28-27-14(2)32-21/h4-5,10-12,18-19H,3,6-9,13H2,1-2H3,(H,25,26,31). The Morgan fingerprint density at radius 3 is 2.69 bits per heavy atom. The van der Waals surface area contributed by atoms with Crippen molar-refractivity contribution in [2.75, 3.05) is 31.5 Å². The van der Waals surface area contributed by atoms with Crippen LogP contribution in [-0.4, -0.2) is 69.7 Å². The molecule has 0 unspecified atom stereocenters. The number of alkyl halides is 2. The van der Waals surface area contributed by atoms with E-state index in [4.69, 9.17) is 0 Å². The number of amides is 2. The summed E-state index contributed by atoms with van der Waals surface area (Å²) in [6, 6.07) is 7.69. The number of hydrogen-bond donors (Lipinski definition) is 1. The number of pyridine rings is 1. The predicted octanol–water partition coefficient (Wildman–Crippen LogP) is 4.65. The summed E-state index contributed by atoms with van der Waals surface area (Å²) in [5.41, 5.74) is 0.970. The monoisotopic (exact) mass is 460 g/mol. The molecule has 7 nitrogen and oxygen atoms in total. The topological polar surface area (TPSA) is 74.2 Å². The number of carbonyl (C=O) groups is 1. The highest BCUT2D eigenvalue weighted by molar-refractivity contribution is 7.14. The van der Waals surface area contributed by atoms with Crippen molar-refractivity contribution in [3.8, 4) is 10.6 Å². The summed E-state index contributed by atoms with van der Waals surface area (Å²) in [7, 11) is 0. The summed E-state index contributed by atoms with van der Waals surface area (Å²) in [6.45, 7) is 5.24. The van der Waals surface area contributed by atoms with Gasteiger partial charge in [0.2, 0.25) is 0 Å². The molecule has 1 fully saturated rings. The zero-order valence-electron chi connectivity index (χ0n) is 18.1. The first-order chi connectivity index (χ1) is 15.4. The predicted molar refractivity (Wildman–Crippen MR) is 122 cm³/mol. The number of fused-ring (bicyclic) bond motifs is 1. The first-order valence-corrected chi connectivity index (χ1v) is 11.5. The van der Waals surface area contributed by atoms with Gasteiger partial charge in [0.05, 0.1) is 6.54 Å². The number of rotatable bonds is 6. The van der Waals surface area contributed by atoms with Gasteiger partial charge < -0.3 is 4.90 Å². The molecule has 0 spiro atoms. The zero-order valence-corrected chi connectivity index (χ0v) is 18.9. The molecular weight excluding hydrogens is 434 g/mol. The minimum absolute atomic E-state index is 0.0826. The highest BCUT2D eigenvalue weighted by Crippen LogP contribution is 2.27. The summed E-state index contributed by atoms with van der Waals surface area (Å²) in [4.78, 5) is 20.6. The molecule has 3 aromatic rings. The first-order valence-electron chi connectivity index (χ1n) is 10.7. The summed E-state index contributed by atoms with van der Waals surface area (Å²) >= 11 is 1.53. The number of anilines is 1. The number of nitrogens with one attached hydrogen (secondary N) is 1. The molecule has 2 amide bonds. The number of halogens is 2. The van der Waals surface area contributed by atoms with E-state index < -0.39 is 6.43 Å². The number of hydrogen-bond acceptors (Lipinski definition) is 6. The van der Waals surface area contributed by atoms with Crippen molar-refractivity contribution in [3.05, 3.63) is 35.5 Å². The number of piperidine rings is 1. The minimum Gasteiger partial charge on any atom is -0.324 e. The van der Waals surface area contributed by atoms with Gasteiger partial charge in [-0.15, -0.1) is 10.2 Å². The van der Waals surface area contributed by atoms with Gasteiger partial charge >= 0.3 is 6.03 Å². The average molecular weight is 461 g/mol. The number of carbonyl (C=O) groups excluding carboxylic acids is 1. The van der Waals surface area contributed by atoms with Gasteiger partial charge in [-0.2, -0.15) is 0 Å². The third kappa shape index (κ3) is 5.18. The van der Waals surface area contributed by atoms with Crippen LogP contribution in [0.4, 0.5) is 19.4 Å². The molecule has 170 valence electrons. The Balaban J connectivity index is 1.40. The quantitative estimate of drug-likeness (QED) is 0.580. The van der Waals surface area contributed by atoms with Crippen molar-refractivity contribution in [3.63, 3.8) is 0 Å². The van der Waals surface area contributed by atoms with E-state index in [0.717, 1.165) is 26.4 Å². The van der Waals surface area contributed by atoms with Gasteiger partial charge in [-0.1, -0.05) is 30.4 Å². The fraction of sp³-hybridized carbons (Fsp3) is 0.455. The van der Waals surface area contributed by atoms with Crippen LogP contribution in [0.25, 0.3) is 21.3 Å². The highest BCUT2D eigenvalue weighted by Gasteiger charge is 2.27. The van der Waals surface area contributed by atoms with Crippen LogP contribution in [0, 0.1) is 6.92 Å². The van der Waals surface area contributed by atoms with Crippen LogP contribution in [0.3, 0.4) is 0 Å². The number of likely N-dealkylation sites (tertiary alicyclic amines) is 1. The largest absolute Gasteiger partial charge is 0.324 e. The van der Waals surface area contributed by atoms with Crippen molar-refractivity contribution in [1.29, 1.82) is 0 Å². The second kappa shape index (κ2) is 9.83. The Kier molecular flexibility index (Phi) is 6.90. The lowest BCUT2D eigenvalue weighted by atomic mass is 10.0. The van der Waals surface area contributed by atoms with Crippen LogP contribution in [0.1, 0.15) is 24.8 Å². The van der Waals surface area contributed by atoms with Gasteiger partial charge in [0.15, 0.2) is 0 Å². The minimum atomic E-state index is -2.34. The molecule has 10 heteroatoms. The van der Waals surface area contributed by atoms with Gasteiger partial charge in [-0.05, 0) is 43.8 Å². The average Bonchev–Trinajstić information content (AvgIpc) is 3.23. The van der Waals surface area contributed by atoms with Crippen LogP contribution < -0.4 is 5.32 Å². The van der Waals surface area contributed by atoms with Gasteiger partial charge in [0.25, 0.3) is 6.43 Å². The van der Waals surface area contributed by atoms with E-state index in [1.807, 2.05) is 43.0 Å². The molecule has 0 bridgehead atoms. The lowest BCUT2D eigenvalue weighted by molar-refractivity contribution is 0.0501. The number of aromatic nitrogens is 3. The Morgan fingerprint density at radius 1 is 1.25 bits per heavy atom. The Bertz CT molecular complexity index is 1080. The number of benzene rings is 1. The molecule has 1 N–H and O–H groups in total. The smallest absolute Gasteiger partial charge is 0.323 e. The molecule has 0 atom stereocenters. The van der Waals surface area contributed by atoms with Crippen molar-refractivity contribution < 1.29 is 13.6 Å². The fourth-order valence-electron chi connectivity index (χ4n) is 4.09. The van der Waals surface area contributed by atoms with E-state index in [0.29, 0.717) is 38.3 Å². The van der Waals surface area contributed by atoms with Crippen LogP contribution >= 0.6 is 11.3 Å². The normalized spacial score (nSPS) is 15.1. The van der Waals surface area contributed by atoms with Crippen molar-refractivity contribution in [2.24, 2.45) is 0 Å². The van der Waals surface area contributed by atoms with Gasteiger partial charge in [0.1, 0.15) is 15.8 Å². The molecule has 1 aromatic carbocycles. The molecule has 4 rings (SSSR count). The molecular formula is C22H26F2N6OS. The highest BCUT2D eigenvalue weighted by atomic mass is 32.1. The molecule has 2 aromatic heterocycles. The molecule has 0 saturated carbocycles. The van der Waals surface area contributed by atoms with Crippen LogP contribution in [0.2, 0.25) is 0 Å². The van der Waals surface area contributed by atoms with E-state index in [1.165, 1.54) is 11.3 Å². The second-order valence-electron chi connectivity index (χ2n) is 7.88. The van der Waals surface area contributed by atoms with E-state index in [2.05, 4.69) is 20.5 Å². The maximum atomic E-state index is 12.8. The van der Waals surface area contributed by atoms with Gasteiger partial charge in [-0.3, -0.25) is 10.2 Å². The van der Waals surface area contributed by atoms with Crippen molar-refractivity contribution >= 4 is 34.0 Å². The Labute approximate surface area is 189 Å². The summed E-state index contributed by atoms with van der Waals surface area (Å²) < 4.78 is 25.6. The Morgan fingerprint density at radius 2 is 2.03 bits per heavy atom. The molecule has 1 aliphatic heterocycles. The molecule has 1 aliphatic rings. The molecule has 0 aliphatic carbocycles. The van der Waals surface area contributed by atoms with Crippen molar-refractivity contribution in [1.82, 2.24) is 25.0 Å².